The molecule has 26 heavy (non-hydrogen) atoms. The number of H-pyrrole nitrogens is 1. The van der Waals surface area contributed by atoms with E-state index in [1.54, 1.807) is 22.8 Å². The lowest BCUT2D eigenvalue weighted by Gasteiger charge is -2.09. The first kappa shape index (κ1) is 17.6. The fourth-order valence-corrected chi connectivity index (χ4v) is 2.72. The molecular formula is C19H20N2O5. The molecule has 0 aliphatic heterocycles. The number of carbonyl (C=O) groups excluding carboxylic acids is 1. The summed E-state index contributed by atoms with van der Waals surface area (Å²) in [5.74, 6) is 0.566. The Kier molecular flexibility index (Phi) is 5.26. The number of nitrogens with zero attached hydrogens (tertiary/aromatic N) is 1. The number of aromatic nitrogens is 2. The summed E-state index contributed by atoms with van der Waals surface area (Å²) in [5.41, 5.74) is 1.81. The number of imidazole rings is 1. The molecule has 3 aromatic rings. The van der Waals surface area contributed by atoms with Crippen LogP contribution in [-0.4, -0.2) is 36.3 Å². The molecule has 0 aliphatic carbocycles. The summed E-state index contributed by atoms with van der Waals surface area (Å²) < 4.78 is 17.2. The molecule has 0 amide bonds. The van der Waals surface area contributed by atoms with Crippen molar-refractivity contribution in [1.82, 2.24) is 9.55 Å². The third kappa shape index (κ3) is 3.72. The summed E-state index contributed by atoms with van der Waals surface area (Å²) >= 11 is 0. The Morgan fingerprint density at radius 1 is 1.08 bits per heavy atom. The number of hydrogen-bond acceptors (Lipinski definition) is 5. The normalized spacial score (nSPS) is 10.7. The van der Waals surface area contributed by atoms with Crippen LogP contribution in [0.15, 0.2) is 47.3 Å². The second kappa shape index (κ2) is 7.77. The molecule has 1 heterocycles. The van der Waals surface area contributed by atoms with Gasteiger partial charge in [-0.25, -0.2) is 9.59 Å². The van der Waals surface area contributed by atoms with Gasteiger partial charge in [0, 0.05) is 12.6 Å². The SMILES string of the molecule is COc1cc(OC)cc(C(=O)OCCCn2c(=O)[nH]c3ccccc32)c1. The van der Waals surface area contributed by atoms with E-state index in [0.717, 1.165) is 11.0 Å². The van der Waals surface area contributed by atoms with Gasteiger partial charge in [0.05, 0.1) is 37.4 Å². The van der Waals surface area contributed by atoms with Crippen molar-refractivity contribution >= 4 is 17.0 Å². The maximum Gasteiger partial charge on any atom is 0.338 e. The highest BCUT2D eigenvalue weighted by atomic mass is 16.5. The van der Waals surface area contributed by atoms with E-state index in [1.807, 2.05) is 24.3 Å². The van der Waals surface area contributed by atoms with Crippen LogP contribution in [0.3, 0.4) is 0 Å². The van der Waals surface area contributed by atoms with Gasteiger partial charge in [0.2, 0.25) is 0 Å². The number of aromatic amines is 1. The monoisotopic (exact) mass is 356 g/mol. The number of ether oxygens (including phenoxy) is 3. The fourth-order valence-electron chi connectivity index (χ4n) is 2.72. The largest absolute Gasteiger partial charge is 0.497 e. The van der Waals surface area contributed by atoms with Crippen molar-refractivity contribution in [3.05, 3.63) is 58.5 Å². The van der Waals surface area contributed by atoms with Gasteiger partial charge >= 0.3 is 11.7 Å². The molecule has 3 rings (SSSR count). The molecule has 0 atom stereocenters. The predicted molar refractivity (Wildman–Crippen MR) is 97.0 cm³/mol. The number of fused-ring (bicyclic) bond motifs is 1. The lowest BCUT2D eigenvalue weighted by molar-refractivity contribution is 0.0495. The average Bonchev–Trinajstić information content (AvgIpc) is 2.99. The third-order valence-corrected chi connectivity index (χ3v) is 4.03. The quantitative estimate of drug-likeness (QED) is 0.520. The van der Waals surface area contributed by atoms with Gasteiger partial charge in [-0.3, -0.25) is 4.57 Å². The molecule has 0 aliphatic rings. The van der Waals surface area contributed by atoms with Gasteiger partial charge in [-0.2, -0.15) is 0 Å². The molecule has 0 spiro atoms. The maximum atomic E-state index is 12.2. The summed E-state index contributed by atoms with van der Waals surface area (Å²) in [6.07, 6.45) is 0.522. The van der Waals surface area contributed by atoms with Crippen LogP contribution in [0.1, 0.15) is 16.8 Å². The van der Waals surface area contributed by atoms with Crippen LogP contribution in [0.25, 0.3) is 11.0 Å². The Morgan fingerprint density at radius 3 is 2.46 bits per heavy atom. The van der Waals surface area contributed by atoms with Gasteiger partial charge in [0.25, 0.3) is 0 Å². The van der Waals surface area contributed by atoms with Crippen molar-refractivity contribution in [2.45, 2.75) is 13.0 Å². The Balaban J connectivity index is 1.60. The van der Waals surface area contributed by atoms with Crippen molar-refractivity contribution < 1.29 is 19.0 Å². The summed E-state index contributed by atoms with van der Waals surface area (Å²) in [7, 11) is 3.03. The molecule has 7 heteroatoms. The minimum atomic E-state index is -0.464. The van der Waals surface area contributed by atoms with E-state index in [2.05, 4.69) is 4.98 Å². The van der Waals surface area contributed by atoms with Crippen molar-refractivity contribution in [3.63, 3.8) is 0 Å². The number of aryl methyl sites for hydroxylation is 1. The number of benzene rings is 2. The van der Waals surface area contributed by atoms with E-state index in [0.29, 0.717) is 30.0 Å². The first-order valence-corrected chi connectivity index (χ1v) is 8.20. The first-order valence-electron chi connectivity index (χ1n) is 8.20. The highest BCUT2D eigenvalue weighted by Gasteiger charge is 2.12. The number of hydrogen-bond donors (Lipinski definition) is 1. The van der Waals surface area contributed by atoms with Crippen LogP contribution in [0.4, 0.5) is 0 Å². The molecule has 0 unspecified atom stereocenters. The van der Waals surface area contributed by atoms with Crippen LogP contribution >= 0.6 is 0 Å². The van der Waals surface area contributed by atoms with E-state index in [-0.39, 0.29) is 12.3 Å². The standard InChI is InChI=1S/C19H20N2O5/c1-24-14-10-13(11-15(12-14)25-2)18(22)26-9-5-8-21-17-7-4-3-6-16(17)20-19(21)23/h3-4,6-7,10-12H,5,8-9H2,1-2H3,(H,20,23). The van der Waals surface area contributed by atoms with Crippen LogP contribution in [0.2, 0.25) is 0 Å². The molecule has 1 aromatic heterocycles. The third-order valence-electron chi connectivity index (χ3n) is 4.03. The van der Waals surface area contributed by atoms with Crippen LogP contribution < -0.4 is 15.2 Å². The van der Waals surface area contributed by atoms with Crippen molar-refractivity contribution in [3.8, 4) is 11.5 Å². The average molecular weight is 356 g/mol. The van der Waals surface area contributed by atoms with E-state index >= 15 is 0 Å². The van der Waals surface area contributed by atoms with E-state index < -0.39 is 5.97 Å². The molecule has 0 bridgehead atoms. The fraction of sp³-hybridized carbons (Fsp3) is 0.263. The summed E-state index contributed by atoms with van der Waals surface area (Å²) in [6.45, 7) is 0.655. The van der Waals surface area contributed by atoms with Gasteiger partial charge < -0.3 is 19.2 Å². The minimum absolute atomic E-state index is 0.171. The summed E-state index contributed by atoms with van der Waals surface area (Å²) in [5, 5.41) is 0. The zero-order chi connectivity index (χ0) is 18.5. The Morgan fingerprint density at radius 2 is 1.77 bits per heavy atom. The Hall–Kier alpha value is -3.22. The second-order valence-corrected chi connectivity index (χ2v) is 5.69. The van der Waals surface area contributed by atoms with E-state index in [1.165, 1.54) is 14.2 Å². The minimum Gasteiger partial charge on any atom is -0.497 e. The lowest BCUT2D eigenvalue weighted by atomic mass is 10.2. The molecule has 1 N–H and O–H groups in total. The van der Waals surface area contributed by atoms with Gasteiger partial charge in [-0.1, -0.05) is 12.1 Å². The second-order valence-electron chi connectivity index (χ2n) is 5.69. The molecule has 7 nitrogen and oxygen atoms in total. The lowest BCUT2D eigenvalue weighted by Crippen LogP contribution is -2.18. The van der Waals surface area contributed by atoms with Crippen LogP contribution in [0, 0.1) is 0 Å². The smallest absolute Gasteiger partial charge is 0.338 e. The van der Waals surface area contributed by atoms with E-state index in [9.17, 15) is 9.59 Å². The van der Waals surface area contributed by atoms with Gasteiger partial charge in [0.1, 0.15) is 11.5 Å². The summed E-state index contributed by atoms with van der Waals surface area (Å²) in [4.78, 5) is 27.0. The zero-order valence-electron chi connectivity index (χ0n) is 14.7. The zero-order valence-corrected chi connectivity index (χ0v) is 14.7. The number of rotatable bonds is 7. The van der Waals surface area contributed by atoms with Crippen molar-refractivity contribution in [2.24, 2.45) is 0 Å². The number of methoxy groups -OCH3 is 2. The molecule has 0 saturated heterocycles. The van der Waals surface area contributed by atoms with Gasteiger partial charge in [-0.05, 0) is 30.7 Å². The van der Waals surface area contributed by atoms with Crippen molar-refractivity contribution in [1.29, 1.82) is 0 Å². The predicted octanol–water partition coefficient (Wildman–Crippen LogP) is 2.59. The number of para-hydroxylation sites is 2. The Bertz CT molecular complexity index is 951. The highest BCUT2D eigenvalue weighted by Crippen LogP contribution is 2.23. The topological polar surface area (TPSA) is 82.6 Å². The maximum absolute atomic E-state index is 12.2. The van der Waals surface area contributed by atoms with Gasteiger partial charge in [-0.15, -0.1) is 0 Å². The Labute approximate surface area is 150 Å². The molecule has 0 fully saturated rings. The summed E-state index contributed by atoms with van der Waals surface area (Å²) in [6, 6.07) is 12.3. The molecule has 136 valence electrons. The van der Waals surface area contributed by atoms with Crippen LogP contribution in [-0.2, 0) is 11.3 Å². The van der Waals surface area contributed by atoms with Crippen LogP contribution in [0.5, 0.6) is 11.5 Å². The highest BCUT2D eigenvalue weighted by molar-refractivity contribution is 5.90. The van der Waals surface area contributed by atoms with E-state index in [4.69, 9.17) is 14.2 Å². The number of carbonyl (C=O) groups is 1. The number of esters is 1. The number of nitrogens with one attached hydrogen (secondary N) is 1. The molecule has 2 aromatic carbocycles. The molecule has 0 radical (unpaired) electrons. The molecule has 0 saturated carbocycles. The van der Waals surface area contributed by atoms with Crippen molar-refractivity contribution in [2.75, 3.05) is 20.8 Å². The molecular weight excluding hydrogens is 336 g/mol. The first-order chi connectivity index (χ1) is 12.6. The van der Waals surface area contributed by atoms with Gasteiger partial charge in [0.15, 0.2) is 0 Å².